The van der Waals surface area contributed by atoms with Crippen LogP contribution in [-0.2, 0) is 0 Å². The average Bonchev–Trinajstić information content (AvgIpc) is 3.54. The summed E-state index contributed by atoms with van der Waals surface area (Å²) < 4.78 is 2.31. The fourth-order valence-corrected chi connectivity index (χ4v) is 7.35. The Balaban J connectivity index is 1.25. The van der Waals surface area contributed by atoms with E-state index in [1.165, 1.54) is 10.8 Å². The Labute approximate surface area is 302 Å². The van der Waals surface area contributed by atoms with Gasteiger partial charge in [-0.1, -0.05) is 146 Å². The molecule has 3 heterocycles. The monoisotopic (exact) mass is 666 g/mol. The number of fused-ring (bicyclic) bond motifs is 5. The summed E-state index contributed by atoms with van der Waals surface area (Å²) in [7, 11) is 0. The molecular formula is C48H34N4. The van der Waals surface area contributed by atoms with E-state index in [0.717, 1.165) is 78.1 Å². The lowest BCUT2D eigenvalue weighted by Crippen LogP contribution is -1.97. The number of allylic oxidation sites excluding steroid dienone is 1. The van der Waals surface area contributed by atoms with Gasteiger partial charge in [-0.05, 0) is 43.3 Å². The van der Waals surface area contributed by atoms with Crippen LogP contribution in [-0.4, -0.2) is 19.5 Å². The summed E-state index contributed by atoms with van der Waals surface area (Å²) in [6.45, 7) is 6.33. The third kappa shape index (κ3) is 5.29. The summed E-state index contributed by atoms with van der Waals surface area (Å²) in [4.78, 5) is 15.4. The third-order valence-corrected chi connectivity index (χ3v) is 9.69. The first-order chi connectivity index (χ1) is 25.7. The molecule has 52 heavy (non-hydrogen) atoms. The molecule has 0 fully saturated rings. The third-order valence-electron chi connectivity index (χ3n) is 9.69. The van der Waals surface area contributed by atoms with Crippen molar-refractivity contribution in [3.8, 4) is 50.8 Å². The minimum absolute atomic E-state index is 0.681. The number of rotatable bonds is 7. The summed E-state index contributed by atoms with van der Waals surface area (Å²) in [5, 5.41) is 4.58. The highest BCUT2D eigenvalue weighted by molar-refractivity contribution is 6.24. The molecule has 0 spiro atoms. The van der Waals surface area contributed by atoms with E-state index in [1.54, 1.807) is 0 Å². The molecule has 4 heteroatoms. The maximum absolute atomic E-state index is 5.30. The number of hydrogen-bond donors (Lipinski definition) is 0. The molecule has 9 aromatic rings. The lowest BCUT2D eigenvalue weighted by molar-refractivity contribution is 1.11. The van der Waals surface area contributed by atoms with E-state index < -0.39 is 0 Å². The fourth-order valence-electron chi connectivity index (χ4n) is 7.35. The van der Waals surface area contributed by atoms with E-state index in [1.807, 2.05) is 42.5 Å². The molecule has 0 saturated carbocycles. The summed E-state index contributed by atoms with van der Waals surface area (Å²) in [5.41, 5.74) is 12.2. The van der Waals surface area contributed by atoms with Crippen LogP contribution in [0.5, 0.6) is 0 Å². The van der Waals surface area contributed by atoms with Gasteiger partial charge in [-0.2, -0.15) is 0 Å². The molecule has 0 aliphatic heterocycles. The van der Waals surface area contributed by atoms with Crippen molar-refractivity contribution in [2.24, 2.45) is 0 Å². The second-order valence-corrected chi connectivity index (χ2v) is 12.8. The number of aromatic nitrogens is 4. The maximum Gasteiger partial charge on any atom is 0.160 e. The highest BCUT2D eigenvalue weighted by Crippen LogP contribution is 2.42. The van der Waals surface area contributed by atoms with Gasteiger partial charge in [-0.25, -0.2) is 15.0 Å². The molecule has 0 radical (unpaired) electrons. The minimum Gasteiger partial charge on any atom is -0.309 e. The Hall–Kier alpha value is -6.91. The Bertz CT molecular complexity index is 2720. The summed E-state index contributed by atoms with van der Waals surface area (Å²) in [6.07, 6.45) is 6.28. The first kappa shape index (κ1) is 31.1. The Morgan fingerprint density at radius 3 is 1.77 bits per heavy atom. The number of hydrogen-bond acceptors (Lipinski definition) is 3. The van der Waals surface area contributed by atoms with Crippen molar-refractivity contribution >= 4 is 44.7 Å². The second-order valence-electron chi connectivity index (χ2n) is 12.8. The fraction of sp³-hybridized carbons (Fsp3) is 0.0208. The van der Waals surface area contributed by atoms with E-state index in [4.69, 9.17) is 15.0 Å². The van der Waals surface area contributed by atoms with Gasteiger partial charge < -0.3 is 4.57 Å². The molecule has 3 aromatic heterocycles. The quantitative estimate of drug-likeness (QED) is 0.159. The van der Waals surface area contributed by atoms with Gasteiger partial charge in [0.05, 0.1) is 33.8 Å². The predicted octanol–water partition coefficient (Wildman–Crippen LogP) is 12.5. The summed E-state index contributed by atoms with van der Waals surface area (Å²) >= 11 is 0. The van der Waals surface area contributed by atoms with Crippen LogP contribution in [0.25, 0.3) is 95.6 Å². The van der Waals surface area contributed by atoms with Gasteiger partial charge in [0.15, 0.2) is 5.82 Å². The molecule has 0 saturated heterocycles. The van der Waals surface area contributed by atoms with Crippen LogP contribution >= 0.6 is 0 Å². The van der Waals surface area contributed by atoms with Crippen molar-refractivity contribution in [3.05, 3.63) is 182 Å². The van der Waals surface area contributed by atoms with Crippen LogP contribution < -0.4 is 0 Å². The van der Waals surface area contributed by atoms with Gasteiger partial charge in [0.2, 0.25) is 0 Å². The van der Waals surface area contributed by atoms with Gasteiger partial charge in [-0.3, -0.25) is 0 Å². The highest BCUT2D eigenvalue weighted by Gasteiger charge is 2.21. The standard InChI is InChI=1S/C48H34N4/c1-3-16-38-43(4-2)52(36-21-12-7-13-22-36)44-30-29-39-45(46(38)44)37-23-14-15-24-40(37)49-47(39)34-25-27-35(28-26-34)48-50-41(32-17-8-5-9-18-32)31-42(51-48)33-19-10-6-11-20-33/h3-31H,2H2,1H3/b16-3-. The maximum atomic E-state index is 5.30. The predicted molar refractivity (Wildman–Crippen MR) is 218 cm³/mol. The summed E-state index contributed by atoms with van der Waals surface area (Å²) in [5.74, 6) is 0.681. The lowest BCUT2D eigenvalue weighted by atomic mass is 9.95. The van der Waals surface area contributed by atoms with Crippen LogP contribution in [0.1, 0.15) is 18.2 Å². The zero-order valence-corrected chi connectivity index (χ0v) is 28.7. The average molecular weight is 667 g/mol. The van der Waals surface area contributed by atoms with Crippen LogP contribution in [0.3, 0.4) is 0 Å². The van der Waals surface area contributed by atoms with Crippen molar-refractivity contribution in [2.75, 3.05) is 0 Å². The minimum atomic E-state index is 0.681. The molecule has 246 valence electrons. The molecule has 0 aliphatic rings. The molecule has 0 amide bonds. The second kappa shape index (κ2) is 13.1. The number of nitrogens with zero attached hydrogens (tertiary/aromatic N) is 4. The van der Waals surface area contributed by atoms with Crippen molar-refractivity contribution in [1.29, 1.82) is 0 Å². The Morgan fingerprint density at radius 1 is 0.538 bits per heavy atom. The topological polar surface area (TPSA) is 43.6 Å². The van der Waals surface area contributed by atoms with E-state index in [9.17, 15) is 0 Å². The van der Waals surface area contributed by atoms with Crippen LogP contribution in [0, 0.1) is 0 Å². The lowest BCUT2D eigenvalue weighted by Gasteiger charge is -2.13. The van der Waals surface area contributed by atoms with Gasteiger partial charge >= 0.3 is 0 Å². The van der Waals surface area contributed by atoms with Crippen LogP contribution in [0.2, 0.25) is 0 Å². The molecule has 0 bridgehead atoms. The number of para-hydroxylation sites is 2. The number of benzene rings is 6. The van der Waals surface area contributed by atoms with Crippen LogP contribution in [0.15, 0.2) is 170 Å². The first-order valence-corrected chi connectivity index (χ1v) is 17.5. The molecule has 0 unspecified atom stereocenters. The normalized spacial score (nSPS) is 11.6. The van der Waals surface area contributed by atoms with Crippen molar-refractivity contribution in [1.82, 2.24) is 19.5 Å². The number of pyridine rings is 1. The van der Waals surface area contributed by atoms with Gasteiger partial charge in [0.25, 0.3) is 0 Å². The molecule has 6 aromatic carbocycles. The van der Waals surface area contributed by atoms with E-state index in [2.05, 4.69) is 152 Å². The molecule has 0 aliphatic carbocycles. The molecule has 4 nitrogen and oxygen atoms in total. The van der Waals surface area contributed by atoms with E-state index >= 15 is 0 Å². The van der Waals surface area contributed by atoms with Gasteiger partial charge in [-0.15, -0.1) is 0 Å². The van der Waals surface area contributed by atoms with Crippen LogP contribution in [0.4, 0.5) is 0 Å². The van der Waals surface area contributed by atoms with Gasteiger partial charge in [0.1, 0.15) is 0 Å². The van der Waals surface area contributed by atoms with Crippen molar-refractivity contribution < 1.29 is 0 Å². The molecule has 0 atom stereocenters. The zero-order valence-electron chi connectivity index (χ0n) is 28.7. The Morgan fingerprint density at radius 2 is 1.13 bits per heavy atom. The van der Waals surface area contributed by atoms with E-state index in [0.29, 0.717) is 5.82 Å². The highest BCUT2D eigenvalue weighted by atomic mass is 15.0. The van der Waals surface area contributed by atoms with Crippen molar-refractivity contribution in [3.63, 3.8) is 0 Å². The first-order valence-electron chi connectivity index (χ1n) is 17.5. The molecular weight excluding hydrogens is 633 g/mol. The van der Waals surface area contributed by atoms with E-state index in [-0.39, 0.29) is 0 Å². The SMILES string of the molecule is C=Cc1c(/C=C\C)c2c3c(ccc2n1-c1ccccc1)c(-c1ccc(-c2nc(-c4ccccc4)cc(-c4ccccc4)n2)cc1)nc1ccccc13. The molecule has 0 N–H and O–H groups in total. The largest absolute Gasteiger partial charge is 0.309 e. The van der Waals surface area contributed by atoms with Crippen molar-refractivity contribution in [2.45, 2.75) is 6.92 Å². The zero-order chi connectivity index (χ0) is 35.0. The Kier molecular flexibility index (Phi) is 7.83. The molecule has 9 rings (SSSR count). The smallest absolute Gasteiger partial charge is 0.160 e. The summed E-state index contributed by atoms with van der Waals surface area (Å²) in [6, 6.07) is 54.6. The van der Waals surface area contributed by atoms with Gasteiger partial charge in [0, 0.05) is 55.0 Å².